The lowest BCUT2D eigenvalue weighted by Gasteiger charge is -2.20. The van der Waals surface area contributed by atoms with E-state index in [0.717, 1.165) is 22.6 Å². The molecule has 0 N–H and O–H groups in total. The Morgan fingerprint density at radius 2 is 2.26 bits per heavy atom. The van der Waals surface area contributed by atoms with Gasteiger partial charge >= 0.3 is 0 Å². The van der Waals surface area contributed by atoms with Crippen molar-refractivity contribution < 1.29 is 14.4 Å². The van der Waals surface area contributed by atoms with Crippen LogP contribution in [-0.2, 0) is 9.63 Å². The van der Waals surface area contributed by atoms with Gasteiger partial charge in [0, 0.05) is 30.0 Å². The maximum absolute atomic E-state index is 11.8. The molecule has 1 aromatic carbocycles. The van der Waals surface area contributed by atoms with Crippen molar-refractivity contribution in [3.8, 4) is 5.75 Å². The van der Waals surface area contributed by atoms with Gasteiger partial charge in [-0.05, 0) is 38.6 Å². The van der Waals surface area contributed by atoms with Crippen LogP contribution in [0.5, 0.6) is 5.75 Å². The highest BCUT2D eigenvalue weighted by Crippen LogP contribution is 2.40. The molecule has 1 saturated heterocycles. The summed E-state index contributed by atoms with van der Waals surface area (Å²) in [6, 6.07) is 3.68. The lowest BCUT2D eigenvalue weighted by atomic mass is 9.90. The molecule has 2 aliphatic rings. The van der Waals surface area contributed by atoms with E-state index in [-0.39, 0.29) is 11.8 Å². The molecule has 1 spiro atoms. The smallest absolute Gasteiger partial charge is 0.157 e. The normalized spacial score (nSPS) is 27.2. The zero-order chi connectivity index (χ0) is 16.8. The lowest BCUT2D eigenvalue weighted by molar-refractivity contribution is -0.121. The molecule has 2 heterocycles. The van der Waals surface area contributed by atoms with Crippen LogP contribution in [0.2, 0.25) is 5.02 Å². The van der Waals surface area contributed by atoms with Crippen LogP contribution >= 0.6 is 11.6 Å². The SMILES string of the molecule is COc1cc(C)c(Cl)cc1C1=NOC2(C1)CC(C(C)=O)N(C)C2. The molecule has 2 unspecified atom stereocenters. The van der Waals surface area contributed by atoms with Crippen LogP contribution in [0.25, 0.3) is 0 Å². The van der Waals surface area contributed by atoms with E-state index < -0.39 is 5.60 Å². The first-order valence-corrected chi connectivity index (χ1v) is 8.03. The predicted octanol–water partition coefficient (Wildman–Crippen LogP) is 2.81. The number of rotatable bonds is 3. The first kappa shape index (κ1) is 16.3. The number of Topliss-reactive ketones (excluding diaryl/α,β-unsaturated/α-hetero) is 1. The molecule has 0 aromatic heterocycles. The first-order valence-electron chi connectivity index (χ1n) is 7.65. The van der Waals surface area contributed by atoms with Gasteiger partial charge in [-0.3, -0.25) is 9.69 Å². The summed E-state index contributed by atoms with van der Waals surface area (Å²) >= 11 is 6.26. The number of methoxy groups -OCH3 is 1. The molecule has 1 fully saturated rings. The van der Waals surface area contributed by atoms with E-state index in [0.29, 0.717) is 24.4 Å². The average molecular weight is 337 g/mol. The minimum absolute atomic E-state index is 0.104. The maximum Gasteiger partial charge on any atom is 0.157 e. The molecule has 0 radical (unpaired) electrons. The fourth-order valence-corrected chi connectivity index (χ4v) is 3.66. The van der Waals surface area contributed by atoms with Gasteiger partial charge in [-0.15, -0.1) is 0 Å². The highest BCUT2D eigenvalue weighted by atomic mass is 35.5. The molecule has 2 aliphatic heterocycles. The van der Waals surface area contributed by atoms with E-state index in [9.17, 15) is 4.79 Å². The first-order chi connectivity index (χ1) is 10.8. The van der Waals surface area contributed by atoms with Crippen LogP contribution in [0.3, 0.4) is 0 Å². The van der Waals surface area contributed by atoms with Crippen LogP contribution in [0.15, 0.2) is 17.3 Å². The van der Waals surface area contributed by atoms with Crippen molar-refractivity contribution in [1.82, 2.24) is 4.90 Å². The van der Waals surface area contributed by atoms with Gasteiger partial charge in [0.05, 0.1) is 18.9 Å². The van der Waals surface area contributed by atoms with Crippen LogP contribution in [0.4, 0.5) is 0 Å². The molecule has 0 aliphatic carbocycles. The molecule has 0 bridgehead atoms. The number of nitrogens with zero attached hydrogens (tertiary/aromatic N) is 2. The number of benzene rings is 1. The highest BCUT2D eigenvalue weighted by Gasteiger charge is 2.50. The molecule has 5 nitrogen and oxygen atoms in total. The van der Waals surface area contributed by atoms with Crippen molar-refractivity contribution in [2.24, 2.45) is 5.16 Å². The summed E-state index contributed by atoms with van der Waals surface area (Å²) in [5.74, 6) is 0.901. The molecule has 23 heavy (non-hydrogen) atoms. The van der Waals surface area contributed by atoms with Gasteiger partial charge < -0.3 is 9.57 Å². The number of aryl methyl sites for hydroxylation is 1. The summed E-state index contributed by atoms with van der Waals surface area (Å²) in [7, 11) is 3.58. The summed E-state index contributed by atoms with van der Waals surface area (Å²) in [6.07, 6.45) is 1.31. The number of ether oxygens (including phenoxy) is 1. The lowest BCUT2D eigenvalue weighted by Crippen LogP contribution is -2.33. The zero-order valence-electron chi connectivity index (χ0n) is 13.9. The van der Waals surface area contributed by atoms with Gasteiger partial charge in [0.2, 0.25) is 0 Å². The Bertz CT molecular complexity index is 689. The van der Waals surface area contributed by atoms with Crippen molar-refractivity contribution >= 4 is 23.1 Å². The fraction of sp³-hybridized carbons (Fsp3) is 0.529. The van der Waals surface area contributed by atoms with Gasteiger partial charge in [-0.25, -0.2) is 0 Å². The van der Waals surface area contributed by atoms with Crippen molar-refractivity contribution in [1.29, 1.82) is 0 Å². The second-order valence-electron chi connectivity index (χ2n) is 6.54. The number of likely N-dealkylation sites (tertiary alicyclic amines) is 1. The van der Waals surface area contributed by atoms with E-state index in [4.69, 9.17) is 21.2 Å². The van der Waals surface area contributed by atoms with Gasteiger partial charge in [0.1, 0.15) is 11.5 Å². The average Bonchev–Trinajstić information content (AvgIpc) is 3.05. The van der Waals surface area contributed by atoms with Crippen LogP contribution < -0.4 is 4.74 Å². The van der Waals surface area contributed by atoms with E-state index in [1.165, 1.54) is 0 Å². The second-order valence-corrected chi connectivity index (χ2v) is 6.94. The third-order valence-corrected chi connectivity index (χ3v) is 5.14. The largest absolute Gasteiger partial charge is 0.496 e. The summed E-state index contributed by atoms with van der Waals surface area (Å²) in [5.41, 5.74) is 2.21. The Labute approximate surface area is 141 Å². The number of ketones is 1. The summed E-state index contributed by atoms with van der Waals surface area (Å²) in [6.45, 7) is 4.25. The second kappa shape index (κ2) is 5.80. The molecular weight excluding hydrogens is 316 g/mol. The number of hydrogen-bond acceptors (Lipinski definition) is 5. The minimum atomic E-state index is -0.428. The number of carbonyl (C=O) groups is 1. The standard InChI is InChI=1S/C17H21ClN2O3/c1-10-5-16(22-4)12(6-13(10)18)14-7-17(23-19-14)8-15(11(2)21)20(3)9-17/h5-6,15H,7-9H2,1-4H3. The van der Waals surface area contributed by atoms with E-state index in [2.05, 4.69) is 5.16 Å². The van der Waals surface area contributed by atoms with Crippen LogP contribution in [-0.4, -0.2) is 48.7 Å². The molecule has 2 atom stereocenters. The number of hydrogen-bond donors (Lipinski definition) is 0. The quantitative estimate of drug-likeness (QED) is 0.851. The number of oxime groups is 1. The van der Waals surface area contributed by atoms with Crippen molar-refractivity contribution in [3.63, 3.8) is 0 Å². The zero-order valence-corrected chi connectivity index (χ0v) is 14.6. The van der Waals surface area contributed by atoms with Crippen molar-refractivity contribution in [2.75, 3.05) is 20.7 Å². The highest BCUT2D eigenvalue weighted by molar-refractivity contribution is 6.32. The third kappa shape index (κ3) is 2.83. The molecule has 0 saturated carbocycles. The Morgan fingerprint density at radius 1 is 1.52 bits per heavy atom. The van der Waals surface area contributed by atoms with Gasteiger partial charge in [-0.2, -0.15) is 0 Å². The molecule has 1 aromatic rings. The monoisotopic (exact) mass is 336 g/mol. The van der Waals surface area contributed by atoms with E-state index in [1.807, 2.05) is 31.0 Å². The minimum Gasteiger partial charge on any atom is -0.496 e. The fourth-order valence-electron chi connectivity index (χ4n) is 3.50. The van der Waals surface area contributed by atoms with Crippen LogP contribution in [0.1, 0.15) is 30.9 Å². The Morgan fingerprint density at radius 3 is 2.87 bits per heavy atom. The Balaban J connectivity index is 1.86. The number of carbonyl (C=O) groups excluding carboxylic acids is 1. The van der Waals surface area contributed by atoms with Gasteiger partial charge in [-0.1, -0.05) is 16.8 Å². The Hall–Kier alpha value is -1.59. The van der Waals surface area contributed by atoms with Crippen LogP contribution in [0, 0.1) is 6.92 Å². The van der Waals surface area contributed by atoms with Gasteiger partial charge in [0.15, 0.2) is 5.60 Å². The third-order valence-electron chi connectivity index (χ3n) is 4.73. The Kier molecular flexibility index (Phi) is 4.10. The topological polar surface area (TPSA) is 51.1 Å². The number of halogens is 1. The van der Waals surface area contributed by atoms with E-state index >= 15 is 0 Å². The summed E-state index contributed by atoms with van der Waals surface area (Å²) < 4.78 is 5.47. The molecular formula is C17H21ClN2O3. The van der Waals surface area contributed by atoms with Gasteiger partial charge in [0.25, 0.3) is 0 Å². The molecule has 0 amide bonds. The summed E-state index contributed by atoms with van der Waals surface area (Å²) in [5, 5.41) is 4.96. The summed E-state index contributed by atoms with van der Waals surface area (Å²) in [4.78, 5) is 19.6. The maximum atomic E-state index is 11.8. The van der Waals surface area contributed by atoms with E-state index in [1.54, 1.807) is 14.0 Å². The molecule has 3 rings (SSSR count). The molecule has 124 valence electrons. The van der Waals surface area contributed by atoms with Crippen molar-refractivity contribution in [3.05, 3.63) is 28.3 Å². The predicted molar refractivity (Wildman–Crippen MR) is 89.4 cm³/mol. The van der Waals surface area contributed by atoms with Crippen molar-refractivity contribution in [2.45, 2.75) is 38.3 Å². The molecule has 6 heteroatoms. The number of likely N-dealkylation sites (N-methyl/N-ethyl adjacent to an activating group) is 1.